The van der Waals surface area contributed by atoms with E-state index in [1.165, 1.54) is 6.07 Å². The highest BCUT2D eigenvalue weighted by Gasteiger charge is 2.09. The van der Waals surface area contributed by atoms with Crippen molar-refractivity contribution in [2.24, 2.45) is 0 Å². The summed E-state index contributed by atoms with van der Waals surface area (Å²) in [6.07, 6.45) is 0.534. The summed E-state index contributed by atoms with van der Waals surface area (Å²) in [6, 6.07) is 11.9. The molecule has 0 fully saturated rings. The third kappa shape index (κ3) is 4.54. The largest absolute Gasteiger partial charge is 0.456 e. The maximum atomic E-state index is 11.3. The van der Waals surface area contributed by atoms with Crippen molar-refractivity contribution in [3.05, 3.63) is 84.7 Å². The average Bonchev–Trinajstić information content (AvgIpc) is 2.52. The van der Waals surface area contributed by atoms with Crippen LogP contribution in [-0.4, -0.2) is 10.2 Å². The van der Waals surface area contributed by atoms with Crippen molar-refractivity contribution >= 4 is 34.8 Å². The number of benzene rings is 2. The van der Waals surface area contributed by atoms with Gasteiger partial charge in [-0.3, -0.25) is 4.79 Å². The molecule has 0 aliphatic heterocycles. The first kappa shape index (κ1) is 17.8. The third-order valence-corrected chi connectivity index (χ3v) is 4.28. The van der Waals surface area contributed by atoms with Gasteiger partial charge in [0.1, 0.15) is 11.5 Å². The molecule has 0 unspecified atom stereocenters. The molecule has 0 radical (unpaired) electrons. The number of H-pyrrole nitrogens is 1. The van der Waals surface area contributed by atoms with Crippen molar-refractivity contribution in [3.8, 4) is 11.5 Å². The number of hydrogen-bond donors (Lipinski definition) is 1. The second-order valence-corrected chi connectivity index (χ2v) is 6.79. The molecule has 128 valence electrons. The molecule has 0 aliphatic rings. The first-order valence-electron chi connectivity index (χ1n) is 7.38. The molecule has 7 heteroatoms. The number of nitrogens with zero attached hydrogens (tertiary/aromatic N) is 1. The Kier molecular flexibility index (Phi) is 5.33. The van der Waals surface area contributed by atoms with Gasteiger partial charge < -0.3 is 4.74 Å². The van der Waals surface area contributed by atoms with Gasteiger partial charge in [-0.1, -0.05) is 40.9 Å². The molecule has 0 aliphatic carbocycles. The predicted octanol–water partition coefficient (Wildman–Crippen LogP) is 5.42. The normalized spacial score (nSPS) is 10.7. The Morgan fingerprint density at radius 1 is 1.04 bits per heavy atom. The Labute approximate surface area is 159 Å². The first-order valence-corrected chi connectivity index (χ1v) is 8.51. The molecule has 25 heavy (non-hydrogen) atoms. The van der Waals surface area contributed by atoms with E-state index in [0.29, 0.717) is 33.0 Å². The summed E-state index contributed by atoms with van der Waals surface area (Å²) in [5, 5.41) is 7.95. The third-order valence-electron chi connectivity index (χ3n) is 3.53. The van der Waals surface area contributed by atoms with E-state index < -0.39 is 0 Å². The van der Waals surface area contributed by atoms with Gasteiger partial charge in [0.15, 0.2) is 0 Å². The smallest absolute Gasteiger partial charge is 0.264 e. The summed E-state index contributed by atoms with van der Waals surface area (Å²) >= 11 is 18.2. The van der Waals surface area contributed by atoms with Gasteiger partial charge in [-0.05, 0) is 48.4 Å². The number of rotatable bonds is 4. The van der Waals surface area contributed by atoms with Crippen molar-refractivity contribution in [1.82, 2.24) is 10.2 Å². The number of nitrogens with one attached hydrogen (secondary N) is 1. The number of hydrogen-bond acceptors (Lipinski definition) is 3. The van der Waals surface area contributed by atoms with Gasteiger partial charge in [-0.25, -0.2) is 5.10 Å². The number of aryl methyl sites for hydroxylation is 1. The van der Waals surface area contributed by atoms with Crippen LogP contribution in [0.3, 0.4) is 0 Å². The summed E-state index contributed by atoms with van der Waals surface area (Å²) in [5.74, 6) is 0.981. The summed E-state index contributed by atoms with van der Waals surface area (Å²) in [4.78, 5) is 11.3. The van der Waals surface area contributed by atoms with Gasteiger partial charge >= 0.3 is 0 Å². The molecule has 0 saturated carbocycles. The molecule has 1 aromatic heterocycles. The van der Waals surface area contributed by atoms with E-state index in [9.17, 15) is 4.79 Å². The fourth-order valence-electron chi connectivity index (χ4n) is 2.35. The highest BCUT2D eigenvalue weighted by Crippen LogP contribution is 2.33. The van der Waals surface area contributed by atoms with Crippen LogP contribution in [0.2, 0.25) is 15.1 Å². The van der Waals surface area contributed by atoms with Crippen molar-refractivity contribution < 1.29 is 4.74 Å². The van der Waals surface area contributed by atoms with Crippen LogP contribution in [-0.2, 0) is 6.42 Å². The molecule has 0 saturated heterocycles. The molecule has 1 heterocycles. The SMILES string of the molecule is Cc1cc(=O)[nH]nc1Cc1ccc(Cl)c(Oc2cc(Cl)cc(Cl)c2)c1. The lowest BCUT2D eigenvalue weighted by molar-refractivity contribution is 0.482. The Hall–Kier alpha value is -2.01. The van der Waals surface area contributed by atoms with Crippen LogP contribution in [0.25, 0.3) is 0 Å². The standard InChI is InChI=1S/C18H13Cl3N2O2/c1-10-4-18(24)23-22-16(10)5-11-2-3-15(21)17(6-11)25-14-8-12(19)7-13(20)9-14/h2-4,6-9H,5H2,1H3,(H,23,24). The fourth-order valence-corrected chi connectivity index (χ4v) is 3.01. The predicted molar refractivity (Wildman–Crippen MR) is 100 cm³/mol. The number of aromatic nitrogens is 2. The van der Waals surface area contributed by atoms with E-state index in [1.807, 2.05) is 19.1 Å². The monoisotopic (exact) mass is 394 g/mol. The molecule has 3 rings (SSSR count). The van der Waals surface area contributed by atoms with E-state index >= 15 is 0 Å². The van der Waals surface area contributed by atoms with Crippen LogP contribution in [0, 0.1) is 6.92 Å². The second-order valence-electron chi connectivity index (χ2n) is 5.51. The summed E-state index contributed by atoms with van der Waals surface area (Å²) < 4.78 is 5.82. The van der Waals surface area contributed by atoms with Crippen LogP contribution in [0.15, 0.2) is 47.3 Å². The Morgan fingerprint density at radius 3 is 2.44 bits per heavy atom. The van der Waals surface area contributed by atoms with Crippen LogP contribution in [0.5, 0.6) is 11.5 Å². The summed E-state index contributed by atoms with van der Waals surface area (Å²) in [7, 11) is 0. The maximum absolute atomic E-state index is 11.3. The van der Waals surface area contributed by atoms with Gasteiger partial charge in [0, 0.05) is 22.5 Å². The number of aromatic amines is 1. The van der Waals surface area contributed by atoms with Crippen molar-refractivity contribution in [3.63, 3.8) is 0 Å². The lowest BCUT2D eigenvalue weighted by Gasteiger charge is -2.11. The second kappa shape index (κ2) is 7.48. The van der Waals surface area contributed by atoms with Gasteiger partial charge in [0.2, 0.25) is 0 Å². The molecule has 4 nitrogen and oxygen atoms in total. The molecule has 0 atom stereocenters. The Balaban J connectivity index is 1.88. The summed E-state index contributed by atoms with van der Waals surface area (Å²) in [6.45, 7) is 1.85. The number of halogens is 3. The molecule has 0 amide bonds. The van der Waals surface area contributed by atoms with Crippen LogP contribution < -0.4 is 10.3 Å². The zero-order chi connectivity index (χ0) is 18.0. The van der Waals surface area contributed by atoms with E-state index in [1.54, 1.807) is 24.3 Å². The first-order chi connectivity index (χ1) is 11.9. The molecule has 3 aromatic rings. The molecule has 1 N–H and O–H groups in total. The van der Waals surface area contributed by atoms with Gasteiger partial charge in [-0.2, -0.15) is 5.10 Å². The van der Waals surface area contributed by atoms with E-state index in [2.05, 4.69) is 10.2 Å². The topological polar surface area (TPSA) is 55.0 Å². The average molecular weight is 396 g/mol. The molecule has 2 aromatic carbocycles. The van der Waals surface area contributed by atoms with Crippen LogP contribution >= 0.6 is 34.8 Å². The maximum Gasteiger partial charge on any atom is 0.264 e. The van der Waals surface area contributed by atoms with Crippen LogP contribution in [0.4, 0.5) is 0 Å². The van der Waals surface area contributed by atoms with Gasteiger partial charge in [0.25, 0.3) is 5.56 Å². The van der Waals surface area contributed by atoms with Crippen molar-refractivity contribution in [1.29, 1.82) is 0 Å². The minimum atomic E-state index is -0.223. The van der Waals surface area contributed by atoms with Crippen LogP contribution in [0.1, 0.15) is 16.8 Å². The Morgan fingerprint density at radius 2 is 1.76 bits per heavy atom. The Bertz CT molecular complexity index is 966. The van der Waals surface area contributed by atoms with Crippen molar-refractivity contribution in [2.45, 2.75) is 13.3 Å². The quantitative estimate of drug-likeness (QED) is 0.641. The zero-order valence-electron chi connectivity index (χ0n) is 13.1. The lowest BCUT2D eigenvalue weighted by atomic mass is 10.1. The minimum Gasteiger partial charge on any atom is -0.456 e. The van der Waals surface area contributed by atoms with E-state index in [4.69, 9.17) is 39.5 Å². The molecule has 0 spiro atoms. The fraction of sp³-hybridized carbons (Fsp3) is 0.111. The highest BCUT2D eigenvalue weighted by atomic mass is 35.5. The number of ether oxygens (including phenoxy) is 1. The van der Waals surface area contributed by atoms with E-state index in [-0.39, 0.29) is 5.56 Å². The minimum absolute atomic E-state index is 0.223. The summed E-state index contributed by atoms with van der Waals surface area (Å²) in [5.41, 5.74) is 2.32. The zero-order valence-corrected chi connectivity index (χ0v) is 15.4. The molecule has 0 bridgehead atoms. The highest BCUT2D eigenvalue weighted by molar-refractivity contribution is 6.34. The molecular weight excluding hydrogens is 383 g/mol. The van der Waals surface area contributed by atoms with Gasteiger partial charge in [0.05, 0.1) is 10.7 Å². The van der Waals surface area contributed by atoms with E-state index in [0.717, 1.165) is 16.8 Å². The van der Waals surface area contributed by atoms with Gasteiger partial charge in [-0.15, -0.1) is 0 Å². The molecular formula is C18H13Cl3N2O2. The lowest BCUT2D eigenvalue weighted by Crippen LogP contribution is -2.10. The van der Waals surface area contributed by atoms with Crippen molar-refractivity contribution in [2.75, 3.05) is 0 Å².